The molecule has 6 nitrogen and oxygen atoms in total. The molecule has 35 heavy (non-hydrogen) atoms. The molecule has 4 aliphatic rings. The van der Waals surface area contributed by atoms with Gasteiger partial charge in [-0.3, -0.25) is 0 Å². The molecule has 184 valence electrons. The van der Waals surface area contributed by atoms with E-state index in [9.17, 15) is 9.59 Å². The standard InChI is InChI=1S/C29H32O6/c1-16(2)27(30)34-18(5)14-32-24-12-20-8-10-22(24)26(20)29(7)21-9-11-23(29)25(13-21)33-15-19(6)35-28(31)17(3)4/h8-13,18-19,26H,1,3,14-15H2,2,4-7H3. The number of carbonyl (C=O) groups excluding carboxylic acids is 2. The average molecular weight is 477 g/mol. The number of allylic oxidation sites excluding steroid dienone is 10. The van der Waals surface area contributed by atoms with Gasteiger partial charge in [0.25, 0.3) is 0 Å². The molecule has 0 aromatic rings. The van der Waals surface area contributed by atoms with Crippen LogP contribution in [-0.4, -0.2) is 37.4 Å². The summed E-state index contributed by atoms with van der Waals surface area (Å²) in [5, 5.41) is 0. The molecule has 0 aromatic carbocycles. The van der Waals surface area contributed by atoms with Crippen molar-refractivity contribution in [3.63, 3.8) is 0 Å². The highest BCUT2D eigenvalue weighted by Crippen LogP contribution is 2.62. The normalized spacial score (nSPS) is 24.9. The Morgan fingerprint density at radius 1 is 0.886 bits per heavy atom. The van der Waals surface area contributed by atoms with Crippen molar-refractivity contribution in [1.82, 2.24) is 0 Å². The van der Waals surface area contributed by atoms with Crippen LogP contribution in [0.3, 0.4) is 0 Å². The summed E-state index contributed by atoms with van der Waals surface area (Å²) < 4.78 is 22.8. The van der Waals surface area contributed by atoms with Crippen LogP contribution in [0, 0.1) is 11.3 Å². The molecule has 4 aliphatic carbocycles. The van der Waals surface area contributed by atoms with Gasteiger partial charge in [0.15, 0.2) is 0 Å². The van der Waals surface area contributed by atoms with E-state index in [-0.39, 0.29) is 24.5 Å². The van der Waals surface area contributed by atoms with E-state index in [1.54, 1.807) is 27.7 Å². The van der Waals surface area contributed by atoms with Gasteiger partial charge in [-0.15, -0.1) is 0 Å². The summed E-state index contributed by atoms with van der Waals surface area (Å²) in [6, 6.07) is 0. The predicted molar refractivity (Wildman–Crippen MR) is 133 cm³/mol. The molecule has 0 radical (unpaired) electrons. The van der Waals surface area contributed by atoms with Gasteiger partial charge in [0.1, 0.15) is 36.9 Å². The summed E-state index contributed by atoms with van der Waals surface area (Å²) in [6.45, 7) is 16.8. The second-order valence-corrected chi connectivity index (χ2v) is 9.76. The van der Waals surface area contributed by atoms with Gasteiger partial charge in [0.05, 0.1) is 0 Å². The fraction of sp³-hybridized carbons (Fsp3) is 0.379. The lowest BCUT2D eigenvalue weighted by atomic mass is 9.69. The van der Waals surface area contributed by atoms with Crippen molar-refractivity contribution < 1.29 is 28.5 Å². The summed E-state index contributed by atoms with van der Waals surface area (Å²) in [6.07, 6.45) is 11.8. The van der Waals surface area contributed by atoms with E-state index in [4.69, 9.17) is 18.9 Å². The molecule has 4 unspecified atom stereocenters. The van der Waals surface area contributed by atoms with Gasteiger partial charge in [-0.2, -0.15) is 0 Å². The minimum Gasteiger partial charge on any atom is -0.489 e. The number of esters is 2. The third-order valence-corrected chi connectivity index (χ3v) is 6.66. The van der Waals surface area contributed by atoms with Crippen molar-refractivity contribution in [1.29, 1.82) is 0 Å². The third kappa shape index (κ3) is 4.45. The third-order valence-electron chi connectivity index (χ3n) is 6.66. The first kappa shape index (κ1) is 24.6. The first-order chi connectivity index (χ1) is 16.5. The fourth-order valence-corrected chi connectivity index (χ4v) is 4.84. The van der Waals surface area contributed by atoms with Crippen LogP contribution in [-0.2, 0) is 28.5 Å². The van der Waals surface area contributed by atoms with E-state index in [0.717, 1.165) is 22.7 Å². The molecule has 0 N–H and O–H groups in total. The van der Waals surface area contributed by atoms with Crippen LogP contribution >= 0.6 is 0 Å². The Hall–Kier alpha value is -3.54. The minimum absolute atomic E-state index is 0.113. The van der Waals surface area contributed by atoms with Crippen molar-refractivity contribution in [2.75, 3.05) is 13.2 Å². The zero-order valence-corrected chi connectivity index (χ0v) is 21.0. The lowest BCUT2D eigenvalue weighted by Crippen LogP contribution is -2.28. The maximum Gasteiger partial charge on any atom is 0.333 e. The Labute approximate surface area is 206 Å². The van der Waals surface area contributed by atoms with Crippen molar-refractivity contribution >= 4 is 11.9 Å². The second kappa shape index (κ2) is 9.25. The Bertz CT molecular complexity index is 1190. The molecule has 0 aliphatic heterocycles. The summed E-state index contributed by atoms with van der Waals surface area (Å²) in [5.41, 5.74) is 5.02. The van der Waals surface area contributed by atoms with E-state index in [1.165, 1.54) is 11.1 Å². The molecule has 0 saturated heterocycles. The molecule has 6 heteroatoms. The summed E-state index contributed by atoms with van der Waals surface area (Å²) in [4.78, 5) is 23.5. The van der Waals surface area contributed by atoms with Gasteiger partial charge >= 0.3 is 11.9 Å². The average Bonchev–Trinajstić information content (AvgIpc) is 3.53. The molecule has 0 amide bonds. The number of rotatable bonds is 11. The molecule has 0 fully saturated rings. The minimum atomic E-state index is -0.418. The van der Waals surface area contributed by atoms with E-state index >= 15 is 0 Å². The maximum atomic E-state index is 11.8. The largest absolute Gasteiger partial charge is 0.489 e. The fourth-order valence-electron chi connectivity index (χ4n) is 4.84. The van der Waals surface area contributed by atoms with E-state index in [0.29, 0.717) is 11.1 Å². The van der Waals surface area contributed by atoms with Crippen LogP contribution < -0.4 is 0 Å². The SMILES string of the molecule is C=C(C)C(=O)OC(C)COC1=CC2=CC=C1C2C1(C)C2=CC=C1C(OCC(C)OC(=O)C(=C)C)=C2. The molecule has 0 aromatic heterocycles. The summed E-state index contributed by atoms with van der Waals surface area (Å²) >= 11 is 0. The summed E-state index contributed by atoms with van der Waals surface area (Å²) in [5.74, 6) is 0.889. The lowest BCUT2D eigenvalue weighted by Gasteiger charge is -2.33. The van der Waals surface area contributed by atoms with Crippen LogP contribution in [0.2, 0.25) is 0 Å². The smallest absolute Gasteiger partial charge is 0.333 e. The highest BCUT2D eigenvalue weighted by atomic mass is 16.6. The molecule has 4 bridgehead atoms. The van der Waals surface area contributed by atoms with Crippen LogP contribution in [0.4, 0.5) is 0 Å². The number of fused-ring (bicyclic) bond motifs is 5. The number of ether oxygens (including phenoxy) is 4. The quantitative estimate of drug-likeness (QED) is 0.302. The van der Waals surface area contributed by atoms with Crippen LogP contribution in [0.15, 0.2) is 94.6 Å². The number of hydrogen-bond donors (Lipinski definition) is 0. The van der Waals surface area contributed by atoms with Gasteiger partial charge in [0, 0.05) is 33.6 Å². The van der Waals surface area contributed by atoms with Crippen molar-refractivity contribution in [2.24, 2.45) is 11.3 Å². The lowest BCUT2D eigenvalue weighted by molar-refractivity contribution is -0.146. The van der Waals surface area contributed by atoms with E-state index in [1.807, 2.05) is 0 Å². The van der Waals surface area contributed by atoms with Gasteiger partial charge < -0.3 is 18.9 Å². The van der Waals surface area contributed by atoms with Crippen molar-refractivity contribution in [2.45, 2.75) is 46.8 Å². The molecule has 0 saturated carbocycles. The predicted octanol–water partition coefficient (Wildman–Crippen LogP) is 5.19. The van der Waals surface area contributed by atoms with Crippen LogP contribution in [0.5, 0.6) is 0 Å². The summed E-state index contributed by atoms with van der Waals surface area (Å²) in [7, 11) is 0. The number of hydrogen-bond acceptors (Lipinski definition) is 6. The monoisotopic (exact) mass is 476 g/mol. The topological polar surface area (TPSA) is 71.1 Å². The molecule has 0 spiro atoms. The Morgan fingerprint density at radius 3 is 2.03 bits per heavy atom. The zero-order valence-electron chi connectivity index (χ0n) is 21.0. The van der Waals surface area contributed by atoms with Crippen LogP contribution in [0.25, 0.3) is 0 Å². The highest BCUT2D eigenvalue weighted by Gasteiger charge is 2.53. The number of carbonyl (C=O) groups is 2. The Morgan fingerprint density at radius 2 is 1.46 bits per heavy atom. The van der Waals surface area contributed by atoms with E-state index < -0.39 is 24.1 Å². The van der Waals surface area contributed by atoms with Gasteiger partial charge in [-0.1, -0.05) is 44.4 Å². The zero-order chi connectivity index (χ0) is 25.5. The first-order valence-electron chi connectivity index (χ1n) is 11.8. The maximum absolute atomic E-state index is 11.8. The Balaban J connectivity index is 1.38. The van der Waals surface area contributed by atoms with Gasteiger partial charge in [-0.05, 0) is 51.0 Å². The second-order valence-electron chi connectivity index (χ2n) is 9.76. The first-order valence-corrected chi connectivity index (χ1v) is 11.8. The highest BCUT2D eigenvalue weighted by molar-refractivity contribution is 5.87. The Kier molecular flexibility index (Phi) is 6.50. The van der Waals surface area contributed by atoms with Crippen LogP contribution in [0.1, 0.15) is 34.6 Å². The van der Waals surface area contributed by atoms with E-state index in [2.05, 4.69) is 56.5 Å². The molecule has 0 heterocycles. The van der Waals surface area contributed by atoms with Crippen molar-refractivity contribution in [3.8, 4) is 0 Å². The van der Waals surface area contributed by atoms with Gasteiger partial charge in [0.2, 0.25) is 0 Å². The van der Waals surface area contributed by atoms with Gasteiger partial charge in [-0.25, -0.2) is 9.59 Å². The molecule has 4 atom stereocenters. The molecular formula is C29H32O6. The van der Waals surface area contributed by atoms with Crippen molar-refractivity contribution in [3.05, 3.63) is 94.6 Å². The molecular weight excluding hydrogens is 444 g/mol. The molecule has 4 rings (SSSR count).